The number of esters is 1. The normalized spacial score (nSPS) is 40.5. The largest absolute Gasteiger partial charge is 0.477 e. The lowest BCUT2D eigenvalue weighted by molar-refractivity contribution is -0.333. The summed E-state index contributed by atoms with van der Waals surface area (Å²) in [5.41, 5.74) is 5.28. The monoisotopic (exact) mass is 413 g/mol. The van der Waals surface area contributed by atoms with Gasteiger partial charge in [-0.15, -0.1) is 0 Å². The van der Waals surface area contributed by atoms with Crippen molar-refractivity contribution in [3.63, 3.8) is 0 Å². The number of hydrogen-bond acceptors (Lipinski definition) is 5. The van der Waals surface area contributed by atoms with Crippen molar-refractivity contribution in [2.45, 2.75) is 69.2 Å². The summed E-state index contributed by atoms with van der Waals surface area (Å²) in [6.07, 6.45) is 0.689. The maximum Gasteiger partial charge on any atom is 0.477 e. The van der Waals surface area contributed by atoms with E-state index in [0.29, 0.717) is 16.9 Å². The molecule has 2 heterocycles. The zero-order valence-corrected chi connectivity index (χ0v) is 16.0. The van der Waals surface area contributed by atoms with E-state index in [0.717, 1.165) is 30.6 Å². The highest BCUT2D eigenvalue weighted by molar-refractivity contribution is 5.87. The first-order valence-electron chi connectivity index (χ1n) is 10.4. The van der Waals surface area contributed by atoms with Crippen LogP contribution >= 0.6 is 0 Å². The van der Waals surface area contributed by atoms with E-state index >= 15 is 0 Å². The molecule has 4 aliphatic carbocycles. The van der Waals surface area contributed by atoms with Crippen molar-refractivity contribution in [3.8, 4) is 0 Å². The first kappa shape index (κ1) is 19.0. The quantitative estimate of drug-likeness (QED) is 0.691. The van der Waals surface area contributed by atoms with E-state index < -0.39 is 42.2 Å². The molecule has 160 valence electrons. The number of piperidine rings is 1. The highest BCUT2D eigenvalue weighted by Crippen LogP contribution is 2.55. The molecule has 8 nitrogen and oxygen atoms in total. The Hall–Kier alpha value is -1.97. The summed E-state index contributed by atoms with van der Waals surface area (Å²) in [6.45, 7) is 0.0626. The van der Waals surface area contributed by atoms with Crippen LogP contribution < -0.4 is 5.73 Å². The van der Waals surface area contributed by atoms with Gasteiger partial charge in [0.05, 0.1) is 6.04 Å². The summed E-state index contributed by atoms with van der Waals surface area (Å²) in [6, 6.07) is -2.38. The second-order valence-corrected chi connectivity index (χ2v) is 9.32. The number of hydrogen-bond donors (Lipinski definition) is 1. The van der Waals surface area contributed by atoms with Gasteiger partial charge in [0.25, 0.3) is 0 Å². The maximum atomic E-state index is 14.6. The Kier molecular flexibility index (Phi) is 4.27. The molecule has 4 saturated carbocycles. The molecule has 6 fully saturated rings. The van der Waals surface area contributed by atoms with Crippen molar-refractivity contribution >= 4 is 17.9 Å². The molecular formula is C19H25F2N3O5. The van der Waals surface area contributed by atoms with E-state index in [1.807, 2.05) is 0 Å². The van der Waals surface area contributed by atoms with Crippen LogP contribution in [0.3, 0.4) is 0 Å². The minimum atomic E-state index is -4.27. The van der Waals surface area contributed by atoms with Crippen molar-refractivity contribution in [1.82, 2.24) is 9.96 Å². The third-order valence-electron chi connectivity index (χ3n) is 7.49. The molecule has 0 aromatic heterocycles. The molecule has 2 saturated heterocycles. The molecule has 0 aromatic rings. The van der Waals surface area contributed by atoms with Gasteiger partial charge in [-0.25, -0.2) is 9.59 Å². The molecule has 0 radical (unpaired) electrons. The van der Waals surface area contributed by atoms with Crippen LogP contribution in [-0.4, -0.2) is 58.7 Å². The number of urea groups is 1. The zero-order chi connectivity index (χ0) is 20.5. The van der Waals surface area contributed by atoms with Crippen molar-refractivity contribution in [2.24, 2.45) is 29.4 Å². The summed E-state index contributed by atoms with van der Waals surface area (Å²) < 4.78 is 34.4. The van der Waals surface area contributed by atoms with Gasteiger partial charge in [0.2, 0.25) is 5.91 Å². The molecule has 0 spiro atoms. The van der Waals surface area contributed by atoms with Gasteiger partial charge in [-0.05, 0) is 68.6 Å². The molecule has 10 heteroatoms. The molecule has 2 aliphatic heterocycles. The van der Waals surface area contributed by atoms with Crippen LogP contribution in [0.1, 0.15) is 44.9 Å². The van der Waals surface area contributed by atoms with Gasteiger partial charge >= 0.3 is 18.1 Å². The molecule has 29 heavy (non-hydrogen) atoms. The van der Waals surface area contributed by atoms with Crippen LogP contribution in [0.5, 0.6) is 0 Å². The number of nitrogens with two attached hydrogens (primary N) is 1. The van der Waals surface area contributed by atoms with E-state index in [9.17, 15) is 23.2 Å². The van der Waals surface area contributed by atoms with Gasteiger partial charge in [0, 0.05) is 6.54 Å². The highest BCUT2D eigenvalue weighted by atomic mass is 19.3. The minimum absolute atomic E-state index is 0.0626. The van der Waals surface area contributed by atoms with Crippen LogP contribution in [0.2, 0.25) is 0 Å². The Labute approximate surface area is 166 Å². The molecule has 3 amide bonds. The number of fused-ring (bicyclic) bond motifs is 2. The lowest BCUT2D eigenvalue weighted by Gasteiger charge is -2.53. The average Bonchev–Trinajstić information content (AvgIpc) is 2.88. The van der Waals surface area contributed by atoms with Gasteiger partial charge < -0.3 is 15.4 Å². The summed E-state index contributed by atoms with van der Waals surface area (Å²) >= 11 is 0. The number of amides is 3. The Balaban J connectivity index is 1.25. The third kappa shape index (κ3) is 3.06. The molecule has 6 aliphatic rings. The average molecular weight is 413 g/mol. The first-order chi connectivity index (χ1) is 13.7. The van der Waals surface area contributed by atoms with E-state index in [4.69, 9.17) is 10.5 Å². The molecular weight excluding hydrogens is 388 g/mol. The Morgan fingerprint density at radius 2 is 1.66 bits per heavy atom. The standard InChI is InChI=1S/C19H25F2N3O5/c20-19(21,29-24-13-1-2-14(16(22)25)23(8-13)18(24)27)17(26)28-15-11-4-9-3-10(6-11)7-12(15)5-9/h9-15H,1-8H2,(H2,22,25)/t9?,10?,11?,12?,13-,14+,15?/m1/s1. The van der Waals surface area contributed by atoms with Crippen molar-refractivity contribution in [1.29, 1.82) is 0 Å². The number of carbonyl (C=O) groups is 3. The Morgan fingerprint density at radius 3 is 2.24 bits per heavy atom. The second-order valence-electron chi connectivity index (χ2n) is 9.32. The number of ether oxygens (including phenoxy) is 1. The molecule has 2 N–H and O–H groups in total. The topological polar surface area (TPSA) is 102 Å². The fourth-order valence-electron chi connectivity index (χ4n) is 6.47. The fraction of sp³-hybridized carbons (Fsp3) is 0.842. The number of hydroxylamine groups is 2. The van der Waals surface area contributed by atoms with Crippen LogP contribution in [0, 0.1) is 23.7 Å². The van der Waals surface area contributed by atoms with Crippen molar-refractivity contribution in [2.75, 3.05) is 6.54 Å². The summed E-state index contributed by atoms with van der Waals surface area (Å²) in [7, 11) is 0. The molecule has 2 atom stereocenters. The van der Waals surface area contributed by atoms with Crippen LogP contribution in [0.25, 0.3) is 0 Å². The number of alkyl halides is 2. The van der Waals surface area contributed by atoms with E-state index in [-0.39, 0.29) is 31.2 Å². The maximum absolute atomic E-state index is 14.6. The Morgan fingerprint density at radius 1 is 1.03 bits per heavy atom. The first-order valence-corrected chi connectivity index (χ1v) is 10.4. The summed E-state index contributed by atoms with van der Waals surface area (Å²) in [5, 5.41) is 0.515. The Bertz CT molecular complexity index is 719. The number of halogens is 2. The van der Waals surface area contributed by atoms with Gasteiger partial charge in [-0.1, -0.05) is 0 Å². The number of carbonyl (C=O) groups excluding carboxylic acids is 3. The highest BCUT2D eigenvalue weighted by Gasteiger charge is 2.56. The predicted octanol–water partition coefficient (Wildman–Crippen LogP) is 1.63. The van der Waals surface area contributed by atoms with Crippen molar-refractivity contribution in [3.05, 3.63) is 0 Å². The van der Waals surface area contributed by atoms with Crippen LogP contribution in [0.4, 0.5) is 13.6 Å². The van der Waals surface area contributed by atoms with Crippen LogP contribution in [-0.2, 0) is 19.2 Å². The second kappa shape index (κ2) is 6.52. The number of nitrogens with zero attached hydrogens (tertiary/aromatic N) is 2. The van der Waals surface area contributed by atoms with Crippen LogP contribution in [0.15, 0.2) is 0 Å². The van der Waals surface area contributed by atoms with Gasteiger partial charge in [0.15, 0.2) is 0 Å². The summed E-state index contributed by atoms with van der Waals surface area (Å²) in [5.74, 6) is -0.907. The van der Waals surface area contributed by atoms with Gasteiger partial charge in [0.1, 0.15) is 12.1 Å². The van der Waals surface area contributed by atoms with E-state index in [1.54, 1.807) is 0 Å². The number of rotatable bonds is 5. The molecule has 0 aromatic carbocycles. The number of primary amides is 1. The SMILES string of the molecule is NC(=O)[C@@H]1CC[C@@H]2CN1C(=O)N2OC(F)(F)C(=O)OC1C2CC3CC(C2)CC1C3. The summed E-state index contributed by atoms with van der Waals surface area (Å²) in [4.78, 5) is 41.9. The minimum Gasteiger partial charge on any atom is -0.455 e. The molecule has 6 rings (SSSR count). The van der Waals surface area contributed by atoms with Gasteiger partial charge in [-0.3, -0.25) is 4.79 Å². The molecule has 6 bridgehead atoms. The lowest BCUT2D eigenvalue weighted by Crippen LogP contribution is -2.52. The van der Waals surface area contributed by atoms with Crippen molar-refractivity contribution < 1.29 is 32.7 Å². The molecule has 0 unspecified atom stereocenters. The smallest absolute Gasteiger partial charge is 0.455 e. The fourth-order valence-corrected chi connectivity index (χ4v) is 6.47. The zero-order valence-electron chi connectivity index (χ0n) is 16.0. The lowest BCUT2D eigenvalue weighted by atomic mass is 9.55. The van der Waals surface area contributed by atoms with E-state index in [1.165, 1.54) is 6.42 Å². The van der Waals surface area contributed by atoms with Gasteiger partial charge in [-0.2, -0.15) is 18.7 Å². The third-order valence-corrected chi connectivity index (χ3v) is 7.49. The van der Waals surface area contributed by atoms with E-state index in [2.05, 4.69) is 4.84 Å². The predicted molar refractivity (Wildman–Crippen MR) is 92.9 cm³/mol.